The van der Waals surface area contributed by atoms with Gasteiger partial charge in [-0.3, -0.25) is 0 Å². The van der Waals surface area contributed by atoms with Crippen molar-refractivity contribution >= 4 is 55.0 Å². The maximum atomic E-state index is 9.58. The van der Waals surface area contributed by atoms with Crippen LogP contribution in [0.5, 0.6) is 0 Å². The van der Waals surface area contributed by atoms with Crippen molar-refractivity contribution in [2.75, 3.05) is 19.6 Å². The molecule has 6 rings (SSSR count). The Balaban J connectivity index is -0.000000253. The molecule has 4 nitrogen and oxygen atoms in total. The summed E-state index contributed by atoms with van der Waals surface area (Å²) in [5.74, 6) is 3.84. The van der Waals surface area contributed by atoms with E-state index in [2.05, 4.69) is 278 Å². The summed E-state index contributed by atoms with van der Waals surface area (Å²) in [6, 6.07) is 27.0. The van der Waals surface area contributed by atoms with Crippen LogP contribution in [0.1, 0.15) is 203 Å². The molecule has 0 atom stereocenters. The van der Waals surface area contributed by atoms with Crippen molar-refractivity contribution in [1.29, 1.82) is 0 Å². The van der Waals surface area contributed by atoms with Crippen molar-refractivity contribution in [1.82, 2.24) is 0 Å². The Morgan fingerprint density at radius 3 is 0.595 bits per heavy atom. The van der Waals surface area contributed by atoms with Crippen molar-refractivity contribution in [2.45, 2.75) is 158 Å². The summed E-state index contributed by atoms with van der Waals surface area (Å²) in [5.41, 5.74) is 16.6. The second-order valence-corrected chi connectivity index (χ2v) is 19.8. The van der Waals surface area contributed by atoms with Gasteiger partial charge >= 0.3 is 52.2 Å². The van der Waals surface area contributed by atoms with Crippen LogP contribution in [-0.2, 0) is 42.4 Å². The molecule has 453 valence electrons. The first-order valence-corrected chi connectivity index (χ1v) is 27.7. The fourth-order valence-electron chi connectivity index (χ4n) is 8.48. The number of rotatable bonds is 12. The number of halogens is 8. The van der Waals surface area contributed by atoms with E-state index in [0.717, 1.165) is 0 Å². The minimum Gasteiger partial charge on any atom is 2.00 e. The van der Waals surface area contributed by atoms with Crippen LogP contribution in [0.25, 0.3) is 0 Å². The number of anilines is 4. The third-order valence-corrected chi connectivity index (χ3v) is 11.7. The van der Waals surface area contributed by atoms with E-state index >= 15 is 0 Å². The monoisotopic (exact) mass is 1520 g/mol. The summed E-state index contributed by atoms with van der Waals surface area (Å²) in [6.45, 7) is 47.9. The predicted molar refractivity (Wildman–Crippen MR) is 324 cm³/mol. The van der Waals surface area contributed by atoms with E-state index in [1.165, 1.54) is 79.4 Å². The van der Waals surface area contributed by atoms with E-state index in [1.807, 2.05) is 0 Å². The van der Waals surface area contributed by atoms with Crippen LogP contribution >= 0.6 is 9.19 Å². The summed E-state index contributed by atoms with van der Waals surface area (Å²) in [7, 11) is 4.58. The Morgan fingerprint density at radius 1 is 0.405 bits per heavy atom. The van der Waals surface area contributed by atoms with E-state index in [0.29, 0.717) is 47.3 Å². The molecule has 0 spiro atoms. The minimum absolute atomic E-state index is 0. The summed E-state index contributed by atoms with van der Waals surface area (Å²) in [6.07, 6.45) is 11.9. The fourth-order valence-corrected chi connectivity index (χ4v) is 8.48. The average molecular weight is 1520 g/mol. The zero-order valence-corrected chi connectivity index (χ0v) is 57.4. The second kappa shape index (κ2) is 45.7. The van der Waals surface area contributed by atoms with Crippen LogP contribution in [-0.4, -0.2) is 23.1 Å². The number of nitrogens with zero attached hydrogens (tertiary/aromatic N) is 4. The van der Waals surface area contributed by atoms with Gasteiger partial charge in [-0.15, -0.1) is 13.3 Å². The molecule has 2 aliphatic heterocycles. The van der Waals surface area contributed by atoms with E-state index in [1.54, 1.807) is 20.0 Å². The quantitative estimate of drug-likeness (QED) is 0.0796. The van der Waals surface area contributed by atoms with Crippen molar-refractivity contribution in [3.63, 3.8) is 0 Å². The van der Waals surface area contributed by atoms with Crippen LogP contribution in [0.4, 0.5) is 49.1 Å². The normalized spacial score (nSPS) is 11.8. The Labute approximate surface area is 532 Å². The smallest absolute Gasteiger partial charge is 2.00 e. The molecule has 0 unspecified atom stereocenters. The maximum Gasteiger partial charge on any atom is 2.00 e. The molecule has 0 aromatic heterocycles. The summed E-state index contributed by atoms with van der Waals surface area (Å²) >= 11 is 1.75. The van der Waals surface area contributed by atoms with Gasteiger partial charge in [0, 0.05) is 45.1 Å². The summed E-state index contributed by atoms with van der Waals surface area (Å²) in [5, 5.41) is 0. The van der Waals surface area contributed by atoms with Crippen molar-refractivity contribution in [3.05, 3.63) is 223 Å². The van der Waals surface area contributed by atoms with Gasteiger partial charge in [0.15, 0.2) is 13.4 Å². The molecule has 4 aromatic rings. The fraction of sp³-hybridized carbons (Fsp3) is 0.375. The van der Waals surface area contributed by atoms with Gasteiger partial charge in [0.25, 0.3) is 0 Å². The van der Waals surface area contributed by atoms with Gasteiger partial charge < -0.3 is 73.2 Å². The van der Waals surface area contributed by atoms with E-state index in [4.69, 9.17) is 0 Å². The first kappa shape index (κ1) is 87.4. The number of para-hydroxylation sites is 4. The largest absolute Gasteiger partial charge is 2.00 e. The molecule has 2 aliphatic rings. The SMILES string of the molecule is C=C[CH2-].C=C[CH2-].CC(C)c1cccc(C(C)C)c1N1C=CN(c2c(C(C)C)cccc2C(C)C)[CH-]1.CC(C)c1cccc(C(C)C)c1N1C=CN(c2c(C(C)C)cccc2C(C)C)[CH-]1.F[C-](F)F.F[C-](F)F.[Au].[CH3-].[CH3-].[Cl-].[Cl][Au].[Mg+2]. The van der Waals surface area contributed by atoms with E-state index < -0.39 is 13.4 Å². The van der Waals surface area contributed by atoms with Gasteiger partial charge in [-0.2, -0.15) is 0 Å². The molecule has 0 aliphatic carbocycles. The molecule has 0 fully saturated rings. The molecular weight excluding hydrogens is 1430 g/mol. The molecule has 79 heavy (non-hydrogen) atoms. The van der Waals surface area contributed by atoms with Crippen molar-refractivity contribution < 1.29 is 81.1 Å². The van der Waals surface area contributed by atoms with E-state index in [-0.39, 0.29) is 72.7 Å². The van der Waals surface area contributed by atoms with Gasteiger partial charge in [-0.05, 0) is 117 Å². The Kier molecular flexibility index (Phi) is 50.5. The van der Waals surface area contributed by atoms with Crippen molar-refractivity contribution in [3.8, 4) is 0 Å². The molecule has 2 heterocycles. The van der Waals surface area contributed by atoms with Crippen LogP contribution in [0.15, 0.2) is 123 Å². The van der Waals surface area contributed by atoms with Gasteiger partial charge in [-0.25, -0.2) is 39.2 Å². The molecule has 15 heteroatoms. The van der Waals surface area contributed by atoms with Crippen LogP contribution in [0.2, 0.25) is 0 Å². The zero-order valence-electron chi connectivity index (χ0n) is 50.1. The number of hydrogen-bond acceptors (Lipinski definition) is 4. The van der Waals surface area contributed by atoms with Crippen LogP contribution in [0, 0.1) is 55.4 Å². The number of benzene rings is 4. The molecule has 4 aromatic carbocycles. The van der Waals surface area contributed by atoms with Gasteiger partial charge in [0.1, 0.15) is 0 Å². The number of allylic oxidation sites excluding steroid dienone is 2. The molecule has 1 radical (unpaired) electrons. The summed E-state index contributed by atoms with van der Waals surface area (Å²) < 4.78 is 57.5. The van der Waals surface area contributed by atoms with Crippen molar-refractivity contribution in [2.24, 2.45) is 0 Å². The molecule has 0 N–H and O–H groups in total. The molecular formula is C64H90Au2Cl2F6MgN4-7. The Bertz CT molecular complexity index is 1900. The van der Waals surface area contributed by atoms with Gasteiger partial charge in [0.05, 0.1) is 0 Å². The third kappa shape index (κ3) is 28.3. The molecule has 0 saturated heterocycles. The van der Waals surface area contributed by atoms with Gasteiger partial charge in [0.2, 0.25) is 0 Å². The molecule has 0 amide bonds. The van der Waals surface area contributed by atoms with Crippen LogP contribution < -0.4 is 32.0 Å². The average Bonchev–Trinajstić information content (AvgIpc) is 4.02. The number of hydrogen-bond donors (Lipinski definition) is 0. The van der Waals surface area contributed by atoms with E-state index in [9.17, 15) is 26.3 Å². The first-order valence-electron chi connectivity index (χ1n) is 25.0. The Hall–Kier alpha value is -2.81. The van der Waals surface area contributed by atoms with Gasteiger partial charge in [-0.1, -0.05) is 184 Å². The standard InChI is InChI=1S/2C27H37N2.2C3H5.2CF3.2CH3.2Au.2ClH.Mg/c2*1-18(2)22-11-9-12-23(19(3)4)26(22)28-15-16-29(17-28)27-24(20(5)6)13-10-14-25(27)21(7)8;2*1-3-2;2*2-1(3)4;;;;;;;/h2*9-21H,1-8H3;2*3H,1-2H2;;;2*1H3;;;2*1H;/q8*-1;;+1;;;+2/p-2. The Morgan fingerprint density at radius 2 is 0.506 bits per heavy atom. The first-order chi connectivity index (χ1) is 34.7. The minimum atomic E-state index is -3.08. The summed E-state index contributed by atoms with van der Waals surface area (Å²) in [4.78, 5) is 9.30. The molecule has 0 saturated carbocycles. The third-order valence-electron chi connectivity index (χ3n) is 11.7. The second-order valence-electron chi connectivity index (χ2n) is 19.8. The van der Waals surface area contributed by atoms with Crippen LogP contribution in [0.3, 0.4) is 0 Å². The topological polar surface area (TPSA) is 13.0 Å². The predicted octanol–water partition coefficient (Wildman–Crippen LogP) is 19.1. The molecule has 0 bridgehead atoms. The maximum absolute atomic E-state index is 9.58. The zero-order chi connectivity index (χ0) is 57.2.